The van der Waals surface area contributed by atoms with Crippen LogP contribution in [0.3, 0.4) is 0 Å². The molecule has 0 spiro atoms. The van der Waals surface area contributed by atoms with E-state index in [1.165, 1.54) is 0 Å². The van der Waals surface area contributed by atoms with Crippen LogP contribution >= 0.6 is 0 Å². The average Bonchev–Trinajstić information content (AvgIpc) is 2.80. The van der Waals surface area contributed by atoms with Crippen molar-refractivity contribution >= 4 is 11.8 Å². The quantitative estimate of drug-likeness (QED) is 0.577. The van der Waals surface area contributed by atoms with Crippen molar-refractivity contribution in [3.05, 3.63) is 58.8 Å². The van der Waals surface area contributed by atoms with Crippen LogP contribution in [0.25, 0.3) is 0 Å². The number of hydrogen-bond acceptors (Lipinski definition) is 6. The lowest BCUT2D eigenvalue weighted by molar-refractivity contribution is -0.122. The van der Waals surface area contributed by atoms with E-state index < -0.39 is 5.60 Å². The minimum absolute atomic E-state index is 0.0327. The number of pyridine rings is 1. The highest BCUT2D eigenvalue weighted by atomic mass is 16.5. The van der Waals surface area contributed by atoms with Crippen LogP contribution in [-0.2, 0) is 10.4 Å². The molecule has 2 fully saturated rings. The third-order valence-electron chi connectivity index (χ3n) is 7.02. The summed E-state index contributed by atoms with van der Waals surface area (Å²) < 4.78 is 5.23. The van der Waals surface area contributed by atoms with Gasteiger partial charge in [0, 0.05) is 42.0 Å². The van der Waals surface area contributed by atoms with Gasteiger partial charge in [-0.05, 0) is 57.7 Å². The summed E-state index contributed by atoms with van der Waals surface area (Å²) in [5.41, 5.74) is 2.48. The van der Waals surface area contributed by atoms with Crippen LogP contribution in [0.15, 0.2) is 36.5 Å². The number of hydrogen-bond donors (Lipinski definition) is 3. The summed E-state index contributed by atoms with van der Waals surface area (Å²) in [7, 11) is 1.60. The first-order valence-electron chi connectivity index (χ1n) is 11.9. The van der Waals surface area contributed by atoms with Crippen LogP contribution in [-0.4, -0.2) is 65.6 Å². The van der Waals surface area contributed by atoms with E-state index in [1.54, 1.807) is 25.4 Å². The summed E-state index contributed by atoms with van der Waals surface area (Å²) in [4.78, 5) is 31.2. The smallest absolute Gasteiger partial charge is 0.251 e. The molecule has 0 unspecified atom stereocenters. The van der Waals surface area contributed by atoms with Crippen LogP contribution < -0.4 is 15.4 Å². The molecule has 1 saturated heterocycles. The first-order valence-corrected chi connectivity index (χ1v) is 11.9. The van der Waals surface area contributed by atoms with Gasteiger partial charge in [-0.1, -0.05) is 17.7 Å². The number of methoxy groups -OCH3 is 1. The fourth-order valence-corrected chi connectivity index (χ4v) is 4.99. The molecule has 2 aliphatic rings. The maximum atomic E-state index is 12.3. The molecule has 34 heavy (non-hydrogen) atoms. The molecule has 2 aromatic rings. The molecule has 3 N–H and O–H groups in total. The summed E-state index contributed by atoms with van der Waals surface area (Å²) in [6, 6.07) is 9.76. The van der Waals surface area contributed by atoms with Gasteiger partial charge in [0.25, 0.3) is 5.91 Å². The number of nitrogens with one attached hydrogen (secondary N) is 2. The molecule has 2 amide bonds. The Morgan fingerprint density at radius 1 is 1.21 bits per heavy atom. The summed E-state index contributed by atoms with van der Waals surface area (Å²) in [5.74, 6) is 0.168. The van der Waals surface area contributed by atoms with Gasteiger partial charge in [-0.2, -0.15) is 0 Å². The zero-order valence-electron chi connectivity index (χ0n) is 20.1. The number of amides is 2. The molecule has 1 aliphatic carbocycles. The number of aryl methyl sites for hydroxylation is 2. The fraction of sp³-hybridized carbons (Fsp3) is 0.500. The minimum atomic E-state index is -0.853. The molecule has 1 saturated carbocycles. The Kier molecular flexibility index (Phi) is 7.19. The Morgan fingerprint density at radius 2 is 1.94 bits per heavy atom. The largest absolute Gasteiger partial charge is 0.481 e. The van der Waals surface area contributed by atoms with Gasteiger partial charge in [0.15, 0.2) is 0 Å². The van der Waals surface area contributed by atoms with Crippen molar-refractivity contribution in [2.45, 2.75) is 57.2 Å². The SMILES string of the molecule is COc1ncc([C@]2(O)CC[C@H](N3CC(NC(=O)CNC(=O)c4cccc(C)c4)C3)CC2)cc1C. The molecule has 0 bridgehead atoms. The fourth-order valence-electron chi connectivity index (χ4n) is 4.99. The first kappa shape index (κ1) is 24.2. The predicted molar refractivity (Wildman–Crippen MR) is 129 cm³/mol. The lowest BCUT2D eigenvalue weighted by Gasteiger charge is -2.48. The molecule has 2 heterocycles. The topological polar surface area (TPSA) is 104 Å². The van der Waals surface area contributed by atoms with Crippen molar-refractivity contribution in [1.29, 1.82) is 0 Å². The van der Waals surface area contributed by atoms with E-state index in [2.05, 4.69) is 20.5 Å². The number of aliphatic hydroxyl groups is 1. The summed E-state index contributed by atoms with van der Waals surface area (Å²) in [5, 5.41) is 16.9. The molecule has 1 aromatic heterocycles. The van der Waals surface area contributed by atoms with Crippen molar-refractivity contribution in [2.24, 2.45) is 0 Å². The molecule has 8 nitrogen and oxygen atoms in total. The lowest BCUT2D eigenvalue weighted by Crippen LogP contribution is -2.63. The maximum Gasteiger partial charge on any atom is 0.251 e. The summed E-state index contributed by atoms with van der Waals surface area (Å²) in [6.45, 7) is 5.42. The Morgan fingerprint density at radius 3 is 2.59 bits per heavy atom. The molecular weight excluding hydrogens is 432 g/mol. The Hall–Kier alpha value is -2.97. The average molecular weight is 467 g/mol. The second-order valence-electron chi connectivity index (χ2n) is 9.58. The number of nitrogens with zero attached hydrogens (tertiary/aromatic N) is 2. The third kappa shape index (κ3) is 5.39. The molecule has 8 heteroatoms. The molecule has 4 rings (SSSR count). The standard InChI is InChI=1S/C26H34N4O4/c1-17-5-4-6-19(11-17)24(32)27-14-23(31)29-21-15-30(16-21)22-7-9-26(33,10-8-22)20-12-18(2)25(34-3)28-13-20/h4-6,11-13,21-22,33H,7-10,14-16H2,1-3H3,(H,27,32)(H,29,31)/t22-,26-. The third-order valence-corrected chi connectivity index (χ3v) is 7.02. The second kappa shape index (κ2) is 10.1. The molecule has 1 aliphatic heterocycles. The zero-order chi connectivity index (χ0) is 24.3. The van der Waals surface area contributed by atoms with E-state index in [-0.39, 0.29) is 24.4 Å². The van der Waals surface area contributed by atoms with Crippen LogP contribution in [0, 0.1) is 13.8 Å². The minimum Gasteiger partial charge on any atom is -0.481 e. The Bertz CT molecular complexity index is 1040. The summed E-state index contributed by atoms with van der Waals surface area (Å²) in [6.07, 6.45) is 4.88. The number of likely N-dealkylation sites (tertiary alicyclic amines) is 1. The van der Waals surface area contributed by atoms with Gasteiger partial charge in [0.05, 0.1) is 25.3 Å². The Balaban J connectivity index is 1.18. The van der Waals surface area contributed by atoms with E-state index in [0.717, 1.165) is 42.6 Å². The normalized spacial score (nSPS) is 23.1. The first-order chi connectivity index (χ1) is 16.3. The molecule has 1 aromatic carbocycles. The highest BCUT2D eigenvalue weighted by molar-refractivity contribution is 5.96. The molecule has 182 valence electrons. The van der Waals surface area contributed by atoms with Crippen molar-refractivity contribution in [1.82, 2.24) is 20.5 Å². The van der Waals surface area contributed by atoms with E-state index in [1.807, 2.05) is 32.0 Å². The molecular formula is C26H34N4O4. The van der Waals surface area contributed by atoms with Gasteiger partial charge >= 0.3 is 0 Å². The van der Waals surface area contributed by atoms with Gasteiger partial charge in [0.1, 0.15) is 0 Å². The zero-order valence-corrected chi connectivity index (χ0v) is 20.1. The highest BCUT2D eigenvalue weighted by Gasteiger charge is 2.40. The van der Waals surface area contributed by atoms with E-state index in [4.69, 9.17) is 4.74 Å². The number of rotatable bonds is 7. The van der Waals surface area contributed by atoms with Crippen molar-refractivity contribution in [3.63, 3.8) is 0 Å². The lowest BCUT2D eigenvalue weighted by atomic mass is 9.77. The molecule has 0 atom stereocenters. The van der Waals surface area contributed by atoms with Crippen LogP contribution in [0.4, 0.5) is 0 Å². The summed E-state index contributed by atoms with van der Waals surface area (Å²) >= 11 is 0. The van der Waals surface area contributed by atoms with E-state index in [0.29, 0.717) is 30.3 Å². The van der Waals surface area contributed by atoms with Crippen molar-refractivity contribution < 1.29 is 19.4 Å². The second-order valence-corrected chi connectivity index (χ2v) is 9.58. The van der Waals surface area contributed by atoms with Crippen molar-refractivity contribution in [3.8, 4) is 5.88 Å². The highest BCUT2D eigenvalue weighted by Crippen LogP contribution is 2.40. The molecule has 0 radical (unpaired) electrons. The number of benzene rings is 1. The predicted octanol–water partition coefficient (Wildman–Crippen LogP) is 2.07. The number of aromatic nitrogens is 1. The van der Waals surface area contributed by atoms with E-state index >= 15 is 0 Å². The number of carbonyl (C=O) groups excluding carboxylic acids is 2. The van der Waals surface area contributed by atoms with Crippen LogP contribution in [0.5, 0.6) is 5.88 Å². The Labute approximate surface area is 200 Å². The maximum absolute atomic E-state index is 12.3. The van der Waals surface area contributed by atoms with Gasteiger partial charge in [-0.15, -0.1) is 0 Å². The van der Waals surface area contributed by atoms with Crippen LogP contribution in [0.1, 0.15) is 52.7 Å². The van der Waals surface area contributed by atoms with Crippen LogP contribution in [0.2, 0.25) is 0 Å². The van der Waals surface area contributed by atoms with E-state index in [9.17, 15) is 14.7 Å². The van der Waals surface area contributed by atoms with Gasteiger partial charge in [-0.3, -0.25) is 14.5 Å². The number of carbonyl (C=O) groups is 2. The van der Waals surface area contributed by atoms with Gasteiger partial charge in [-0.25, -0.2) is 4.98 Å². The monoisotopic (exact) mass is 466 g/mol. The van der Waals surface area contributed by atoms with Gasteiger partial charge in [0.2, 0.25) is 11.8 Å². The van der Waals surface area contributed by atoms with Gasteiger partial charge < -0.3 is 20.5 Å². The number of ether oxygens (including phenoxy) is 1. The van der Waals surface area contributed by atoms with Crippen molar-refractivity contribution in [2.75, 3.05) is 26.7 Å².